The molecule has 2 unspecified atom stereocenters. The summed E-state index contributed by atoms with van der Waals surface area (Å²) < 4.78 is 5.41. The monoisotopic (exact) mass is 540 g/mol. The highest BCUT2D eigenvalue weighted by Gasteiger charge is 2.24. The van der Waals surface area contributed by atoms with Crippen molar-refractivity contribution < 1.29 is 9.53 Å². The second kappa shape index (κ2) is 13.6. The Labute approximate surface area is 201 Å². The number of carbonyl (C=O) groups is 1. The standard InChI is InChI=1S/C21H44N6O2.HI/c1-16(2)18(24-20(28)29-21(3,4)5)10-11-27(9)19(22-6)23-14-17-15-25(7)12-13-26(17)8;/h16-18H,10-15H2,1-9H3,(H,22,23)(H,24,28);1H. The van der Waals surface area contributed by atoms with Gasteiger partial charge in [0.2, 0.25) is 0 Å². The summed E-state index contributed by atoms with van der Waals surface area (Å²) in [6.07, 6.45) is 0.464. The Kier molecular flexibility index (Phi) is 13.2. The van der Waals surface area contributed by atoms with Crippen molar-refractivity contribution in [1.82, 2.24) is 25.3 Å². The Morgan fingerprint density at radius 1 is 1.27 bits per heavy atom. The number of alkyl carbamates (subject to hydrolysis) is 1. The maximum Gasteiger partial charge on any atom is 0.407 e. The van der Waals surface area contributed by atoms with Crippen LogP contribution in [0.25, 0.3) is 0 Å². The van der Waals surface area contributed by atoms with Crippen molar-refractivity contribution in [2.24, 2.45) is 10.9 Å². The van der Waals surface area contributed by atoms with Gasteiger partial charge in [-0.3, -0.25) is 9.89 Å². The van der Waals surface area contributed by atoms with E-state index in [1.807, 2.05) is 34.9 Å². The van der Waals surface area contributed by atoms with E-state index in [9.17, 15) is 4.79 Å². The van der Waals surface area contributed by atoms with Crippen LogP contribution in [0.2, 0.25) is 0 Å². The fraction of sp³-hybridized carbons (Fsp3) is 0.905. The third-order valence-electron chi connectivity index (χ3n) is 5.33. The Hall–Kier alpha value is -0.810. The molecule has 2 N–H and O–H groups in total. The molecule has 8 nitrogen and oxygen atoms in total. The van der Waals surface area contributed by atoms with Gasteiger partial charge in [-0.05, 0) is 47.2 Å². The summed E-state index contributed by atoms with van der Waals surface area (Å²) in [5, 5.41) is 6.53. The van der Waals surface area contributed by atoms with Gasteiger partial charge in [0, 0.05) is 58.9 Å². The van der Waals surface area contributed by atoms with Gasteiger partial charge in [0.25, 0.3) is 0 Å². The van der Waals surface area contributed by atoms with Crippen molar-refractivity contribution in [3.05, 3.63) is 0 Å². The highest BCUT2D eigenvalue weighted by molar-refractivity contribution is 14.0. The van der Waals surface area contributed by atoms with Gasteiger partial charge < -0.3 is 25.2 Å². The number of carbonyl (C=O) groups excluding carboxylic acids is 1. The molecule has 30 heavy (non-hydrogen) atoms. The molecule has 1 aliphatic rings. The second-order valence-corrected chi connectivity index (χ2v) is 9.53. The van der Waals surface area contributed by atoms with E-state index in [1.54, 1.807) is 0 Å². The van der Waals surface area contributed by atoms with Gasteiger partial charge in [-0.25, -0.2) is 4.79 Å². The van der Waals surface area contributed by atoms with Crippen molar-refractivity contribution in [3.63, 3.8) is 0 Å². The smallest absolute Gasteiger partial charge is 0.407 e. The van der Waals surface area contributed by atoms with Crippen molar-refractivity contribution in [3.8, 4) is 0 Å². The molecule has 0 aliphatic carbocycles. The number of piperazine rings is 1. The lowest BCUT2D eigenvalue weighted by Gasteiger charge is -2.38. The Morgan fingerprint density at radius 2 is 1.90 bits per heavy atom. The van der Waals surface area contributed by atoms with Crippen LogP contribution >= 0.6 is 24.0 Å². The molecular weight excluding hydrogens is 495 g/mol. The average Bonchev–Trinajstić information content (AvgIpc) is 2.60. The average molecular weight is 541 g/mol. The molecule has 0 aromatic heterocycles. The lowest BCUT2D eigenvalue weighted by molar-refractivity contribution is 0.0485. The van der Waals surface area contributed by atoms with Gasteiger partial charge in [0.05, 0.1) is 0 Å². The number of ether oxygens (including phenoxy) is 1. The molecule has 0 saturated carbocycles. The van der Waals surface area contributed by atoms with Crippen LogP contribution in [0.15, 0.2) is 4.99 Å². The number of likely N-dealkylation sites (N-methyl/N-ethyl adjacent to an activating group) is 2. The zero-order valence-electron chi connectivity index (χ0n) is 20.5. The predicted octanol–water partition coefficient (Wildman–Crippen LogP) is 2.30. The minimum absolute atomic E-state index is 0. The number of guanidine groups is 1. The van der Waals surface area contributed by atoms with E-state index in [0.717, 1.165) is 45.1 Å². The highest BCUT2D eigenvalue weighted by atomic mass is 127. The summed E-state index contributed by atoms with van der Waals surface area (Å²) in [6, 6.07) is 0.514. The van der Waals surface area contributed by atoms with Gasteiger partial charge in [0.1, 0.15) is 5.60 Å². The van der Waals surface area contributed by atoms with E-state index in [0.29, 0.717) is 12.0 Å². The van der Waals surface area contributed by atoms with Crippen LogP contribution in [0.3, 0.4) is 0 Å². The van der Waals surface area contributed by atoms with Crippen molar-refractivity contribution in [1.29, 1.82) is 0 Å². The molecule has 0 spiro atoms. The lowest BCUT2D eigenvalue weighted by Crippen LogP contribution is -2.55. The Bertz CT molecular complexity index is 538. The summed E-state index contributed by atoms with van der Waals surface area (Å²) >= 11 is 0. The van der Waals surface area contributed by atoms with E-state index < -0.39 is 5.60 Å². The Morgan fingerprint density at radius 3 is 2.43 bits per heavy atom. The van der Waals surface area contributed by atoms with Crippen LogP contribution in [-0.2, 0) is 4.74 Å². The van der Waals surface area contributed by atoms with Crippen LogP contribution < -0.4 is 10.6 Å². The highest BCUT2D eigenvalue weighted by Crippen LogP contribution is 2.11. The van der Waals surface area contributed by atoms with Gasteiger partial charge in [-0.15, -0.1) is 24.0 Å². The number of aliphatic imine (C=N–C) groups is 1. The molecule has 9 heteroatoms. The molecule has 1 aliphatic heterocycles. The first-order valence-corrected chi connectivity index (χ1v) is 10.7. The SMILES string of the molecule is CN=C(NCC1CN(C)CCN1C)N(C)CCC(NC(=O)OC(C)(C)C)C(C)C.I. The van der Waals surface area contributed by atoms with Crippen molar-refractivity contribution in [2.75, 3.05) is 60.9 Å². The number of amides is 1. The first-order valence-electron chi connectivity index (χ1n) is 10.7. The maximum absolute atomic E-state index is 12.2. The molecule has 1 saturated heterocycles. The van der Waals surface area contributed by atoms with Crippen LogP contribution in [0.1, 0.15) is 41.0 Å². The molecule has 0 aromatic carbocycles. The van der Waals surface area contributed by atoms with Crippen LogP contribution in [0.5, 0.6) is 0 Å². The summed E-state index contributed by atoms with van der Waals surface area (Å²) in [4.78, 5) is 23.5. The third-order valence-corrected chi connectivity index (χ3v) is 5.33. The number of hydrogen-bond donors (Lipinski definition) is 2. The van der Waals surface area contributed by atoms with Crippen LogP contribution in [0, 0.1) is 5.92 Å². The second-order valence-electron chi connectivity index (χ2n) is 9.53. The largest absolute Gasteiger partial charge is 0.444 e. The van der Waals surface area contributed by atoms with Crippen molar-refractivity contribution in [2.45, 2.75) is 58.7 Å². The summed E-state index contributed by atoms with van der Waals surface area (Å²) in [5.41, 5.74) is -0.491. The van der Waals surface area contributed by atoms with Crippen LogP contribution in [0.4, 0.5) is 4.79 Å². The lowest BCUT2D eigenvalue weighted by atomic mass is 10.0. The topological polar surface area (TPSA) is 72.4 Å². The molecule has 178 valence electrons. The molecule has 1 fully saturated rings. The number of nitrogens with one attached hydrogen (secondary N) is 2. The van der Waals surface area contributed by atoms with E-state index in [4.69, 9.17) is 4.74 Å². The molecule has 0 bridgehead atoms. The minimum Gasteiger partial charge on any atom is -0.444 e. The molecule has 0 radical (unpaired) electrons. The number of nitrogens with zero attached hydrogens (tertiary/aromatic N) is 4. The molecule has 2 atom stereocenters. The zero-order valence-corrected chi connectivity index (χ0v) is 22.8. The quantitative estimate of drug-likeness (QED) is 0.294. The van der Waals surface area contributed by atoms with E-state index in [2.05, 4.69) is 58.3 Å². The number of rotatable bonds is 7. The van der Waals surface area contributed by atoms with Gasteiger partial charge in [0.15, 0.2) is 5.96 Å². The molecule has 1 rings (SSSR count). The zero-order chi connectivity index (χ0) is 22.2. The van der Waals surface area contributed by atoms with E-state index in [-0.39, 0.29) is 36.1 Å². The summed E-state index contributed by atoms with van der Waals surface area (Å²) in [5.74, 6) is 1.20. The fourth-order valence-corrected chi connectivity index (χ4v) is 3.39. The number of halogens is 1. The maximum atomic E-state index is 12.2. The third kappa shape index (κ3) is 11.0. The first-order chi connectivity index (χ1) is 13.4. The fourth-order valence-electron chi connectivity index (χ4n) is 3.39. The van der Waals surface area contributed by atoms with Gasteiger partial charge in [-0.1, -0.05) is 13.8 Å². The van der Waals surface area contributed by atoms with Gasteiger partial charge in [-0.2, -0.15) is 0 Å². The van der Waals surface area contributed by atoms with E-state index in [1.165, 1.54) is 0 Å². The molecule has 1 amide bonds. The molecular formula is C21H45IN6O2. The first kappa shape index (κ1) is 29.2. The normalized spacial score (nSPS) is 19.8. The minimum atomic E-state index is -0.491. The molecule has 0 aromatic rings. The summed E-state index contributed by atoms with van der Waals surface area (Å²) in [6.45, 7) is 14.8. The van der Waals surface area contributed by atoms with E-state index >= 15 is 0 Å². The number of hydrogen-bond acceptors (Lipinski definition) is 5. The molecule has 1 heterocycles. The summed E-state index contributed by atoms with van der Waals surface area (Å²) in [7, 11) is 8.21. The van der Waals surface area contributed by atoms with Gasteiger partial charge >= 0.3 is 6.09 Å². The van der Waals surface area contributed by atoms with Crippen molar-refractivity contribution >= 4 is 36.0 Å². The Balaban J connectivity index is 0.00000841. The predicted molar refractivity (Wildman–Crippen MR) is 136 cm³/mol. The van der Waals surface area contributed by atoms with Crippen LogP contribution in [-0.4, -0.2) is 105 Å².